The zero-order chi connectivity index (χ0) is 11.6. The molecule has 86 valence electrons. The van der Waals surface area contributed by atoms with Gasteiger partial charge in [0.25, 0.3) is 0 Å². The largest absolute Gasteiger partial charge is 2.00 e. The van der Waals surface area contributed by atoms with E-state index in [-0.39, 0.29) is 40.6 Å². The van der Waals surface area contributed by atoms with Crippen molar-refractivity contribution in [1.82, 2.24) is 0 Å². The summed E-state index contributed by atoms with van der Waals surface area (Å²) in [6.07, 6.45) is 2.89. The predicted octanol–water partition coefficient (Wildman–Crippen LogP) is 3.65. The first-order valence-corrected chi connectivity index (χ1v) is 5.22. The van der Waals surface area contributed by atoms with Crippen molar-refractivity contribution in [2.75, 3.05) is 0 Å². The third kappa shape index (κ3) is 8.03. The van der Waals surface area contributed by atoms with E-state index < -0.39 is 0 Å². The van der Waals surface area contributed by atoms with Crippen LogP contribution in [-0.4, -0.2) is 42.8 Å². The molecule has 0 atom stereocenters. The molecular formula is C15H18CaO. The Hall–Kier alpha value is -0.760. The molecule has 0 amide bonds. The molecule has 0 aliphatic rings. The second-order valence-corrected chi connectivity index (χ2v) is 3.31. The van der Waals surface area contributed by atoms with Gasteiger partial charge in [-0.15, -0.1) is 6.58 Å². The minimum Gasteiger partial charge on any atom is -1.00 e. The van der Waals surface area contributed by atoms with E-state index in [1.54, 1.807) is 24.3 Å². The minimum atomic E-state index is 0. The van der Waals surface area contributed by atoms with Gasteiger partial charge < -0.3 is 7.96 Å². The van der Waals surface area contributed by atoms with Crippen LogP contribution in [0.5, 0.6) is 5.75 Å². The molecule has 0 aliphatic carbocycles. The van der Waals surface area contributed by atoms with Crippen molar-refractivity contribution >= 4 is 37.7 Å². The molecule has 2 rings (SSSR count). The van der Waals surface area contributed by atoms with Crippen LogP contribution in [0.15, 0.2) is 73.3 Å². The Morgan fingerprint density at radius 2 is 1.41 bits per heavy atom. The Morgan fingerprint density at radius 1 is 0.941 bits per heavy atom. The Morgan fingerprint density at radius 3 is 1.76 bits per heavy atom. The van der Waals surface area contributed by atoms with Crippen molar-refractivity contribution in [2.24, 2.45) is 0 Å². The summed E-state index contributed by atoms with van der Waals surface area (Å²) < 4.78 is 0. The summed E-state index contributed by atoms with van der Waals surface area (Å²) in [6, 6.07) is 19.0. The van der Waals surface area contributed by atoms with Crippen molar-refractivity contribution < 1.29 is 7.96 Å². The zero-order valence-corrected chi connectivity index (χ0v) is 12.1. The third-order valence-electron chi connectivity index (χ3n) is 1.98. The van der Waals surface area contributed by atoms with Crippen LogP contribution in [0.1, 0.15) is 8.42 Å². The van der Waals surface area contributed by atoms with Crippen molar-refractivity contribution in [1.29, 1.82) is 0 Å². The van der Waals surface area contributed by atoms with Gasteiger partial charge in [-0.2, -0.15) is 0 Å². The van der Waals surface area contributed by atoms with Gasteiger partial charge in [-0.25, -0.2) is 0 Å². The summed E-state index contributed by atoms with van der Waals surface area (Å²) in [5, 5.41) is 8.63. The van der Waals surface area contributed by atoms with Crippen LogP contribution in [0.3, 0.4) is 0 Å². The van der Waals surface area contributed by atoms with Gasteiger partial charge in [-0.3, -0.25) is 0 Å². The first-order valence-electron chi connectivity index (χ1n) is 5.22. The average molecular weight is 254 g/mol. The van der Waals surface area contributed by atoms with Crippen molar-refractivity contribution in [3.63, 3.8) is 0 Å². The van der Waals surface area contributed by atoms with Gasteiger partial charge in [0.15, 0.2) is 0 Å². The maximum Gasteiger partial charge on any atom is 2.00 e. The zero-order valence-electron chi connectivity index (χ0n) is 11.9. The molecule has 2 aromatic carbocycles. The molecule has 0 unspecified atom stereocenters. The number of benzene rings is 2. The summed E-state index contributed by atoms with van der Waals surface area (Å²) >= 11 is 0. The van der Waals surface area contributed by atoms with E-state index in [1.165, 1.54) is 5.56 Å². The average Bonchev–Trinajstić information content (AvgIpc) is 2.33. The van der Waals surface area contributed by atoms with E-state index in [1.807, 2.05) is 30.3 Å². The molecule has 0 fully saturated rings. The van der Waals surface area contributed by atoms with Crippen LogP contribution < -0.4 is 0 Å². The van der Waals surface area contributed by atoms with Crippen LogP contribution >= 0.6 is 0 Å². The fourth-order valence-corrected chi connectivity index (χ4v) is 1.21. The Kier molecular flexibility index (Phi) is 9.93. The molecule has 0 spiro atoms. The number of rotatable bonds is 2. The summed E-state index contributed by atoms with van der Waals surface area (Å²) in [6.45, 7) is 3.66. The number of phenolic OH excluding ortho intramolecular Hbond substituents is 1. The maximum atomic E-state index is 8.63. The molecular weight excluding hydrogens is 236 g/mol. The number of allylic oxidation sites excluding steroid dienone is 1. The van der Waals surface area contributed by atoms with Gasteiger partial charge >= 0.3 is 37.7 Å². The number of aromatic hydroxyl groups is 1. The number of hydrogen-bond acceptors (Lipinski definition) is 1. The molecule has 2 heteroatoms. The topological polar surface area (TPSA) is 20.2 Å². The standard InChI is InChI=1S/C9H10.C6H6O.Ca.2H/c1-2-6-9-7-4-3-5-8-9;7-6-4-2-1-3-5-6;;;/h2-5,7-8H,1,6H2;1-5,7H;;;/q;;+2;2*-1. The van der Waals surface area contributed by atoms with Crippen molar-refractivity contribution in [2.45, 2.75) is 6.42 Å². The third-order valence-corrected chi connectivity index (χ3v) is 1.98. The number of para-hydroxylation sites is 1. The molecule has 17 heavy (non-hydrogen) atoms. The van der Waals surface area contributed by atoms with Crippen LogP contribution in [-0.2, 0) is 6.42 Å². The molecule has 0 aromatic heterocycles. The van der Waals surface area contributed by atoms with Crippen LogP contribution in [0.25, 0.3) is 0 Å². The molecule has 2 aromatic rings. The summed E-state index contributed by atoms with van der Waals surface area (Å²) in [5.41, 5.74) is 1.33. The van der Waals surface area contributed by atoms with Crippen molar-refractivity contribution in [3.8, 4) is 5.75 Å². The first-order chi connectivity index (χ1) is 7.83. The molecule has 0 bridgehead atoms. The molecule has 1 N–H and O–H groups in total. The second-order valence-electron chi connectivity index (χ2n) is 3.31. The van der Waals surface area contributed by atoms with E-state index in [9.17, 15) is 0 Å². The maximum absolute atomic E-state index is 8.63. The summed E-state index contributed by atoms with van der Waals surface area (Å²) in [7, 11) is 0. The van der Waals surface area contributed by atoms with Gasteiger partial charge in [0.2, 0.25) is 0 Å². The fraction of sp³-hybridized carbons (Fsp3) is 0.0667. The predicted molar refractivity (Wildman–Crippen MR) is 76.4 cm³/mol. The molecule has 0 saturated heterocycles. The first kappa shape index (κ1) is 16.2. The van der Waals surface area contributed by atoms with Gasteiger partial charge in [-0.05, 0) is 24.1 Å². The van der Waals surface area contributed by atoms with E-state index in [4.69, 9.17) is 5.11 Å². The second kappa shape index (κ2) is 10.4. The van der Waals surface area contributed by atoms with Crippen molar-refractivity contribution in [3.05, 3.63) is 78.9 Å². The Balaban J connectivity index is -0.000000237. The molecule has 0 saturated carbocycles. The van der Waals surface area contributed by atoms with E-state index in [0.29, 0.717) is 5.75 Å². The molecule has 0 radical (unpaired) electrons. The monoisotopic (exact) mass is 254 g/mol. The quantitative estimate of drug-likeness (QED) is 0.640. The smallest absolute Gasteiger partial charge is 1.00 e. The summed E-state index contributed by atoms with van der Waals surface area (Å²) in [5.74, 6) is 0.322. The molecule has 0 heterocycles. The normalized spacial score (nSPS) is 8.24. The number of hydrogen-bond donors (Lipinski definition) is 1. The Bertz CT molecular complexity index is 407. The number of phenols is 1. The van der Waals surface area contributed by atoms with Gasteiger partial charge in [0, 0.05) is 0 Å². The summed E-state index contributed by atoms with van der Waals surface area (Å²) in [4.78, 5) is 0. The van der Waals surface area contributed by atoms with Gasteiger partial charge in [-0.1, -0.05) is 54.6 Å². The van der Waals surface area contributed by atoms with E-state index in [0.717, 1.165) is 6.42 Å². The molecule has 1 nitrogen and oxygen atoms in total. The van der Waals surface area contributed by atoms with Gasteiger partial charge in [0.1, 0.15) is 5.75 Å². The molecule has 0 aliphatic heterocycles. The van der Waals surface area contributed by atoms with Crippen LogP contribution in [0, 0.1) is 0 Å². The fourth-order valence-electron chi connectivity index (χ4n) is 1.21. The SMILES string of the molecule is C=CCc1ccccc1.Oc1ccccc1.[Ca+2].[H-].[H-]. The Labute approximate surface area is 136 Å². The van der Waals surface area contributed by atoms with E-state index >= 15 is 0 Å². The van der Waals surface area contributed by atoms with E-state index in [2.05, 4.69) is 18.7 Å². The van der Waals surface area contributed by atoms with Crippen LogP contribution in [0.4, 0.5) is 0 Å². The minimum absolute atomic E-state index is 0. The van der Waals surface area contributed by atoms with Crippen LogP contribution in [0.2, 0.25) is 0 Å². The van der Waals surface area contributed by atoms with Gasteiger partial charge in [0.05, 0.1) is 0 Å².